The number of amides is 2. The number of carbonyl (C=O) groups is 3. The zero-order valence-electron chi connectivity index (χ0n) is 21.7. The highest BCUT2D eigenvalue weighted by Gasteiger charge is 2.26. The second kappa shape index (κ2) is 13.1. The lowest BCUT2D eigenvalue weighted by Crippen LogP contribution is -2.49. The molecule has 0 radical (unpaired) electrons. The van der Waals surface area contributed by atoms with Crippen molar-refractivity contribution in [1.29, 1.82) is 0 Å². The van der Waals surface area contributed by atoms with Gasteiger partial charge in [0.25, 0.3) is 11.8 Å². The van der Waals surface area contributed by atoms with Crippen molar-refractivity contribution in [2.45, 2.75) is 39.7 Å². The van der Waals surface area contributed by atoms with Crippen LogP contribution in [-0.2, 0) is 16.0 Å². The lowest BCUT2D eigenvalue weighted by Gasteiger charge is -2.18. The van der Waals surface area contributed by atoms with Gasteiger partial charge in [-0.3, -0.25) is 14.6 Å². The first-order valence-corrected chi connectivity index (χ1v) is 12.0. The average Bonchev–Trinajstić information content (AvgIpc) is 2.88. The van der Waals surface area contributed by atoms with E-state index in [4.69, 9.17) is 4.74 Å². The highest BCUT2D eigenvalue weighted by atomic mass is 16.5. The number of rotatable bonds is 11. The third-order valence-electron chi connectivity index (χ3n) is 5.61. The maximum atomic E-state index is 13.1. The Labute approximate surface area is 220 Å². The number of hydrogen-bond acceptors (Lipinski definition) is 10. The van der Waals surface area contributed by atoms with E-state index in [2.05, 4.69) is 35.9 Å². The van der Waals surface area contributed by atoms with E-state index in [-0.39, 0.29) is 23.6 Å². The fraction of sp³-hybridized carbons (Fsp3) is 0.346. The lowest BCUT2D eigenvalue weighted by molar-refractivity contribution is -0.142. The molecule has 3 rings (SSSR count). The van der Waals surface area contributed by atoms with Crippen LogP contribution in [0, 0.1) is 20.8 Å². The molecule has 1 unspecified atom stereocenters. The van der Waals surface area contributed by atoms with Crippen molar-refractivity contribution >= 4 is 23.7 Å². The summed E-state index contributed by atoms with van der Waals surface area (Å²) in [4.78, 5) is 54.5. The van der Waals surface area contributed by atoms with Crippen molar-refractivity contribution in [2.24, 2.45) is 0 Å². The smallest absolute Gasteiger partial charge is 0.330 e. The minimum absolute atomic E-state index is 0.0793. The van der Waals surface area contributed by atoms with Crippen LogP contribution in [-0.4, -0.2) is 69.1 Å². The molecule has 0 saturated carbocycles. The quantitative estimate of drug-likeness (QED) is 0.215. The van der Waals surface area contributed by atoms with Gasteiger partial charge in [-0.15, -0.1) is 0 Å². The predicted molar refractivity (Wildman–Crippen MR) is 139 cm³/mol. The van der Waals surface area contributed by atoms with Gasteiger partial charge in [0.2, 0.25) is 5.95 Å². The number of aryl methyl sites for hydroxylation is 4. The van der Waals surface area contributed by atoms with Crippen LogP contribution in [0.4, 0.5) is 5.95 Å². The summed E-state index contributed by atoms with van der Waals surface area (Å²) in [5.74, 6) is -1.24. The summed E-state index contributed by atoms with van der Waals surface area (Å²) in [5, 5.41) is 17.9. The van der Waals surface area contributed by atoms with E-state index in [1.54, 1.807) is 39.0 Å². The van der Waals surface area contributed by atoms with Crippen LogP contribution in [0.2, 0.25) is 0 Å². The van der Waals surface area contributed by atoms with Crippen LogP contribution >= 0.6 is 0 Å². The molecule has 200 valence electrons. The number of esters is 1. The highest BCUT2D eigenvalue weighted by molar-refractivity contribution is 5.99. The molecule has 12 heteroatoms. The Morgan fingerprint density at radius 1 is 1.03 bits per heavy atom. The molecule has 0 aliphatic rings. The van der Waals surface area contributed by atoms with E-state index in [0.29, 0.717) is 29.6 Å². The Kier molecular flexibility index (Phi) is 9.63. The molecule has 0 aliphatic heterocycles. The van der Waals surface area contributed by atoms with E-state index in [1.807, 2.05) is 6.07 Å². The highest BCUT2D eigenvalue weighted by Crippen LogP contribution is 2.15. The molecule has 0 saturated heterocycles. The van der Waals surface area contributed by atoms with Gasteiger partial charge in [0.15, 0.2) is 0 Å². The van der Waals surface area contributed by atoms with E-state index in [9.17, 15) is 19.5 Å². The molecule has 1 atom stereocenters. The molecular formula is C26H31N7O5. The zero-order chi connectivity index (χ0) is 27.7. The summed E-state index contributed by atoms with van der Waals surface area (Å²) in [6.07, 6.45) is 4.33. The molecule has 0 aliphatic carbocycles. The first-order valence-electron chi connectivity index (χ1n) is 12.0. The second-order valence-electron chi connectivity index (χ2n) is 8.60. The molecular weight excluding hydrogens is 490 g/mol. The summed E-state index contributed by atoms with van der Waals surface area (Å²) < 4.78 is 4.79. The van der Waals surface area contributed by atoms with E-state index < -0.39 is 23.8 Å². The summed E-state index contributed by atoms with van der Waals surface area (Å²) in [6, 6.07) is 5.95. The number of aromatic nitrogens is 4. The number of hydrogen-bond donors (Lipinski definition) is 4. The fourth-order valence-corrected chi connectivity index (χ4v) is 3.69. The molecule has 3 aromatic rings. The molecule has 2 amide bonds. The molecule has 2 aromatic heterocycles. The third-order valence-corrected chi connectivity index (χ3v) is 5.61. The third kappa shape index (κ3) is 7.69. The summed E-state index contributed by atoms with van der Waals surface area (Å²) >= 11 is 0. The number of aromatic hydroxyl groups is 1. The Hall–Kier alpha value is -4.61. The number of nitrogens with zero attached hydrogens (tertiary/aromatic N) is 4. The molecule has 0 bridgehead atoms. The summed E-state index contributed by atoms with van der Waals surface area (Å²) in [6.45, 7) is 5.46. The topological polar surface area (TPSA) is 168 Å². The minimum Gasteiger partial charge on any atom is -0.508 e. The van der Waals surface area contributed by atoms with Gasteiger partial charge < -0.3 is 25.8 Å². The molecule has 4 N–H and O–H groups in total. The Morgan fingerprint density at radius 2 is 1.76 bits per heavy atom. The van der Waals surface area contributed by atoms with Crippen LogP contribution in [0.25, 0.3) is 0 Å². The maximum absolute atomic E-state index is 13.1. The van der Waals surface area contributed by atoms with E-state index in [0.717, 1.165) is 18.4 Å². The summed E-state index contributed by atoms with van der Waals surface area (Å²) in [7, 11) is 1.19. The molecule has 1 aromatic carbocycles. The largest absolute Gasteiger partial charge is 0.508 e. The maximum Gasteiger partial charge on any atom is 0.330 e. The van der Waals surface area contributed by atoms with Gasteiger partial charge in [-0.25, -0.2) is 19.7 Å². The van der Waals surface area contributed by atoms with Gasteiger partial charge in [-0.05, 0) is 51.3 Å². The fourth-order valence-electron chi connectivity index (χ4n) is 3.69. The van der Waals surface area contributed by atoms with Crippen molar-refractivity contribution in [3.05, 3.63) is 70.6 Å². The molecule has 0 spiro atoms. The van der Waals surface area contributed by atoms with Crippen molar-refractivity contribution in [3.63, 3.8) is 0 Å². The van der Waals surface area contributed by atoms with Gasteiger partial charge in [0.1, 0.15) is 17.5 Å². The number of nitrogens with one attached hydrogen (secondary N) is 3. The number of benzene rings is 1. The monoisotopic (exact) mass is 521 g/mol. The van der Waals surface area contributed by atoms with Crippen molar-refractivity contribution in [1.82, 2.24) is 30.6 Å². The number of phenolic OH excluding ortho intramolecular Hbond substituents is 1. The van der Waals surface area contributed by atoms with Crippen molar-refractivity contribution in [2.75, 3.05) is 25.5 Å². The average molecular weight is 522 g/mol. The van der Waals surface area contributed by atoms with Gasteiger partial charge in [0.05, 0.1) is 36.0 Å². The van der Waals surface area contributed by atoms with Gasteiger partial charge >= 0.3 is 5.97 Å². The van der Waals surface area contributed by atoms with Crippen LogP contribution in [0.15, 0.2) is 36.7 Å². The molecule has 12 nitrogen and oxygen atoms in total. The number of phenols is 1. The number of ether oxygens (including phenoxy) is 1. The van der Waals surface area contributed by atoms with Crippen molar-refractivity contribution < 1.29 is 24.2 Å². The van der Waals surface area contributed by atoms with Crippen molar-refractivity contribution in [3.8, 4) is 5.75 Å². The normalized spacial score (nSPS) is 11.4. The number of methoxy groups -OCH3 is 1. The Morgan fingerprint density at radius 3 is 2.39 bits per heavy atom. The molecule has 0 fully saturated rings. The Balaban J connectivity index is 1.60. The van der Waals surface area contributed by atoms with Gasteiger partial charge in [-0.2, -0.15) is 0 Å². The zero-order valence-corrected chi connectivity index (χ0v) is 21.7. The van der Waals surface area contributed by atoms with Crippen LogP contribution in [0.1, 0.15) is 49.9 Å². The molecule has 2 heterocycles. The first kappa shape index (κ1) is 28.0. The number of anilines is 1. The Bertz CT molecular complexity index is 1270. The van der Waals surface area contributed by atoms with Crippen LogP contribution < -0.4 is 16.0 Å². The minimum atomic E-state index is -1.15. The van der Waals surface area contributed by atoms with E-state index >= 15 is 0 Å². The lowest BCUT2D eigenvalue weighted by atomic mass is 10.1. The summed E-state index contributed by atoms with van der Waals surface area (Å²) in [5.41, 5.74) is 2.83. The number of carbonyl (C=O) groups excluding carboxylic acids is 3. The van der Waals surface area contributed by atoms with Crippen LogP contribution in [0.5, 0.6) is 5.75 Å². The van der Waals surface area contributed by atoms with E-state index in [1.165, 1.54) is 19.5 Å². The van der Waals surface area contributed by atoms with Gasteiger partial charge in [-0.1, -0.05) is 12.1 Å². The SMILES string of the molecule is COC(=O)C(CNC(=O)c1cnc(C)cn1)NC(=O)c1c(C)nc(NCCCc2cccc(O)c2)nc1C. The first-order chi connectivity index (χ1) is 18.2. The predicted octanol–water partition coefficient (Wildman–Crippen LogP) is 1.64. The standard InChI is InChI=1S/C26H31N7O5/c1-15-12-29-20(13-28-15)23(35)30-14-21(25(37)38-4)33-24(36)22-16(2)31-26(32-17(22)3)27-10-6-8-18-7-5-9-19(34)11-18/h5,7,9,11-13,21,34H,6,8,10,14H2,1-4H3,(H,30,35)(H,33,36)(H,27,31,32). The molecule has 38 heavy (non-hydrogen) atoms. The second-order valence-corrected chi connectivity index (χ2v) is 8.60. The van der Waals surface area contributed by atoms with Crippen LogP contribution in [0.3, 0.4) is 0 Å². The van der Waals surface area contributed by atoms with Gasteiger partial charge in [0, 0.05) is 19.3 Å².